The van der Waals surface area contributed by atoms with Crippen LogP contribution in [0.4, 0.5) is 11.4 Å². The van der Waals surface area contributed by atoms with Gasteiger partial charge in [0.25, 0.3) is 0 Å². The second kappa shape index (κ2) is 3.30. The molecule has 6 heteroatoms. The number of benzene rings is 1. The summed E-state index contributed by atoms with van der Waals surface area (Å²) in [6, 6.07) is 3.37. The number of fused-ring (bicyclic) bond motifs is 1. The van der Waals surface area contributed by atoms with E-state index >= 15 is 0 Å². The van der Waals surface area contributed by atoms with Gasteiger partial charge in [0.1, 0.15) is 5.75 Å². The average molecular weight is 228 g/mol. The maximum Gasteiger partial charge on any atom is 0.229 e. The van der Waals surface area contributed by atoms with E-state index < -0.39 is 10.0 Å². The molecular weight excluding hydrogens is 216 g/mol. The normalized spacial score (nSPS) is 14.5. The van der Waals surface area contributed by atoms with Crippen molar-refractivity contribution in [3.63, 3.8) is 0 Å². The molecule has 0 saturated heterocycles. The third kappa shape index (κ3) is 2.15. The molecule has 5 nitrogen and oxygen atoms in total. The van der Waals surface area contributed by atoms with Gasteiger partial charge in [-0.1, -0.05) is 0 Å². The van der Waals surface area contributed by atoms with Crippen molar-refractivity contribution in [2.45, 2.75) is 6.42 Å². The predicted octanol–water partition coefficient (Wildman–Crippen LogP) is 0.575. The van der Waals surface area contributed by atoms with Gasteiger partial charge in [0, 0.05) is 12.5 Å². The van der Waals surface area contributed by atoms with Crippen molar-refractivity contribution in [3.05, 3.63) is 17.7 Å². The third-order valence-electron chi connectivity index (χ3n) is 2.16. The molecule has 1 aromatic carbocycles. The van der Waals surface area contributed by atoms with Crippen LogP contribution in [0.5, 0.6) is 5.75 Å². The first-order chi connectivity index (χ1) is 6.96. The van der Waals surface area contributed by atoms with Gasteiger partial charge in [-0.2, -0.15) is 0 Å². The van der Waals surface area contributed by atoms with Gasteiger partial charge in [0.2, 0.25) is 10.0 Å². The first-order valence-electron chi connectivity index (χ1n) is 4.49. The largest absolute Gasteiger partial charge is 0.493 e. The zero-order valence-electron chi connectivity index (χ0n) is 8.28. The summed E-state index contributed by atoms with van der Waals surface area (Å²) < 4.78 is 29.8. The van der Waals surface area contributed by atoms with E-state index in [2.05, 4.69) is 4.72 Å². The van der Waals surface area contributed by atoms with Crippen molar-refractivity contribution >= 4 is 21.4 Å². The van der Waals surface area contributed by atoms with Crippen LogP contribution in [0.25, 0.3) is 0 Å². The summed E-state index contributed by atoms with van der Waals surface area (Å²) in [5.41, 5.74) is 7.53. The molecule has 0 unspecified atom stereocenters. The Hall–Kier alpha value is -1.43. The molecule has 3 N–H and O–H groups in total. The van der Waals surface area contributed by atoms with Gasteiger partial charge in [0.15, 0.2) is 0 Å². The lowest BCUT2D eigenvalue weighted by Crippen LogP contribution is -2.11. The number of hydrogen-bond donors (Lipinski definition) is 2. The minimum atomic E-state index is -3.30. The Morgan fingerprint density at radius 2 is 2.20 bits per heavy atom. The van der Waals surface area contributed by atoms with E-state index in [-0.39, 0.29) is 0 Å². The summed E-state index contributed by atoms with van der Waals surface area (Å²) in [4.78, 5) is 0. The predicted molar refractivity (Wildman–Crippen MR) is 58.5 cm³/mol. The summed E-state index contributed by atoms with van der Waals surface area (Å²) in [5.74, 6) is 0.704. The highest BCUT2D eigenvalue weighted by molar-refractivity contribution is 7.92. The molecular formula is C9H12N2O3S. The van der Waals surface area contributed by atoms with Crippen molar-refractivity contribution in [2.24, 2.45) is 0 Å². The van der Waals surface area contributed by atoms with E-state index in [0.717, 1.165) is 18.2 Å². The Balaban J connectivity index is 2.41. The quantitative estimate of drug-likeness (QED) is 0.725. The van der Waals surface area contributed by atoms with E-state index in [1.807, 2.05) is 0 Å². The van der Waals surface area contributed by atoms with E-state index in [1.165, 1.54) is 0 Å². The average Bonchev–Trinajstić information content (AvgIpc) is 2.49. The van der Waals surface area contributed by atoms with E-state index in [4.69, 9.17) is 10.5 Å². The van der Waals surface area contributed by atoms with E-state index in [1.54, 1.807) is 12.1 Å². The molecule has 0 aromatic heterocycles. The van der Waals surface area contributed by atoms with Crippen molar-refractivity contribution in [1.29, 1.82) is 0 Å². The second-order valence-corrected chi connectivity index (χ2v) is 5.27. The van der Waals surface area contributed by atoms with Crippen molar-refractivity contribution in [3.8, 4) is 5.75 Å². The van der Waals surface area contributed by atoms with Crippen LogP contribution in [-0.4, -0.2) is 21.3 Å². The number of hydrogen-bond acceptors (Lipinski definition) is 4. The summed E-state index contributed by atoms with van der Waals surface area (Å²) in [5, 5.41) is 0. The summed E-state index contributed by atoms with van der Waals surface area (Å²) in [7, 11) is -3.30. The molecule has 15 heavy (non-hydrogen) atoms. The molecule has 1 aromatic rings. The third-order valence-corrected chi connectivity index (χ3v) is 2.75. The second-order valence-electron chi connectivity index (χ2n) is 3.52. The number of rotatable bonds is 2. The van der Waals surface area contributed by atoms with Crippen LogP contribution >= 0.6 is 0 Å². The van der Waals surface area contributed by atoms with Crippen LogP contribution in [0.15, 0.2) is 12.1 Å². The van der Waals surface area contributed by atoms with Crippen molar-refractivity contribution < 1.29 is 13.2 Å². The van der Waals surface area contributed by atoms with Crippen LogP contribution in [-0.2, 0) is 16.4 Å². The van der Waals surface area contributed by atoms with Gasteiger partial charge >= 0.3 is 0 Å². The first kappa shape index (κ1) is 10.1. The fourth-order valence-corrected chi connectivity index (χ4v) is 2.11. The topological polar surface area (TPSA) is 81.4 Å². The molecule has 0 bridgehead atoms. The molecule has 1 aliphatic rings. The highest BCUT2D eigenvalue weighted by Crippen LogP contribution is 2.33. The fourth-order valence-electron chi connectivity index (χ4n) is 1.53. The molecule has 0 radical (unpaired) electrons. The summed E-state index contributed by atoms with van der Waals surface area (Å²) >= 11 is 0. The molecule has 0 fully saturated rings. The molecule has 82 valence electrons. The fraction of sp³-hybridized carbons (Fsp3) is 0.333. The molecule has 2 rings (SSSR count). The Bertz CT molecular complexity index is 496. The van der Waals surface area contributed by atoms with Crippen LogP contribution in [0, 0.1) is 0 Å². The molecule has 0 atom stereocenters. The van der Waals surface area contributed by atoms with Gasteiger partial charge in [0.05, 0.1) is 24.2 Å². The smallest absolute Gasteiger partial charge is 0.229 e. The molecule has 0 saturated carbocycles. The molecule has 0 amide bonds. The summed E-state index contributed by atoms with van der Waals surface area (Å²) in [6.07, 6.45) is 1.90. The van der Waals surface area contributed by atoms with Gasteiger partial charge < -0.3 is 10.5 Å². The molecule has 1 aliphatic heterocycles. The maximum absolute atomic E-state index is 11.0. The van der Waals surface area contributed by atoms with E-state index in [0.29, 0.717) is 23.7 Å². The Morgan fingerprint density at radius 1 is 1.47 bits per heavy atom. The number of nitrogens with two attached hydrogens (primary N) is 1. The summed E-state index contributed by atoms with van der Waals surface area (Å²) in [6.45, 7) is 0.622. The SMILES string of the molecule is CS(=O)(=O)Nc1cc2c(cc1N)CCO2. The van der Waals surface area contributed by atoms with Gasteiger partial charge in [-0.15, -0.1) is 0 Å². The van der Waals surface area contributed by atoms with Gasteiger partial charge in [-0.25, -0.2) is 8.42 Å². The minimum absolute atomic E-state index is 0.373. The molecule has 0 spiro atoms. The lowest BCUT2D eigenvalue weighted by Gasteiger charge is -2.09. The Morgan fingerprint density at radius 3 is 2.87 bits per heavy atom. The molecule has 1 heterocycles. The Kier molecular flexibility index (Phi) is 2.22. The van der Waals surface area contributed by atoms with E-state index in [9.17, 15) is 8.42 Å². The number of anilines is 2. The molecule has 0 aliphatic carbocycles. The maximum atomic E-state index is 11.0. The standard InChI is InChI=1S/C9H12N2O3S/c1-15(12,13)11-8-5-9-6(2-3-14-9)4-7(8)10/h4-5,11H,2-3,10H2,1H3. The highest BCUT2D eigenvalue weighted by atomic mass is 32.2. The van der Waals surface area contributed by atoms with Crippen molar-refractivity contribution in [1.82, 2.24) is 0 Å². The van der Waals surface area contributed by atoms with Crippen LogP contribution in [0.3, 0.4) is 0 Å². The Labute approximate surface area is 88.3 Å². The lowest BCUT2D eigenvalue weighted by atomic mass is 10.1. The van der Waals surface area contributed by atoms with Crippen LogP contribution in [0.1, 0.15) is 5.56 Å². The number of ether oxygens (including phenoxy) is 1. The lowest BCUT2D eigenvalue weighted by molar-refractivity contribution is 0.357. The van der Waals surface area contributed by atoms with Crippen LogP contribution < -0.4 is 15.2 Å². The van der Waals surface area contributed by atoms with Gasteiger partial charge in [-0.3, -0.25) is 4.72 Å². The van der Waals surface area contributed by atoms with Gasteiger partial charge in [-0.05, 0) is 11.6 Å². The van der Waals surface area contributed by atoms with Crippen molar-refractivity contribution in [2.75, 3.05) is 23.3 Å². The van der Waals surface area contributed by atoms with Crippen LogP contribution in [0.2, 0.25) is 0 Å². The monoisotopic (exact) mass is 228 g/mol. The number of nitrogen functional groups attached to an aromatic ring is 1. The highest BCUT2D eigenvalue weighted by Gasteiger charge is 2.16. The number of nitrogens with one attached hydrogen (secondary N) is 1. The zero-order chi connectivity index (χ0) is 11.1. The first-order valence-corrected chi connectivity index (χ1v) is 6.38. The number of sulfonamides is 1. The minimum Gasteiger partial charge on any atom is -0.493 e. The zero-order valence-corrected chi connectivity index (χ0v) is 9.10.